The Morgan fingerprint density at radius 3 is 2.76 bits per heavy atom. The maximum Gasteiger partial charge on any atom is 0.269 e. The van der Waals surface area contributed by atoms with Crippen LogP contribution in [0.25, 0.3) is 0 Å². The van der Waals surface area contributed by atoms with Crippen molar-refractivity contribution in [1.82, 2.24) is 14.3 Å². The highest BCUT2D eigenvalue weighted by Gasteiger charge is 2.11. The summed E-state index contributed by atoms with van der Waals surface area (Å²) in [5.41, 5.74) is 0.976. The van der Waals surface area contributed by atoms with Gasteiger partial charge in [-0.05, 0) is 25.5 Å². The van der Waals surface area contributed by atoms with Gasteiger partial charge in [-0.2, -0.15) is 10.4 Å². The summed E-state index contributed by atoms with van der Waals surface area (Å²) in [5, 5.41) is 15.8. The van der Waals surface area contributed by atoms with Crippen molar-refractivity contribution in [3.63, 3.8) is 0 Å². The van der Waals surface area contributed by atoms with Gasteiger partial charge in [-0.1, -0.05) is 0 Å². The van der Waals surface area contributed by atoms with Crippen molar-refractivity contribution in [3.05, 3.63) is 45.5 Å². The number of carbonyl (C=O) groups is 1. The van der Waals surface area contributed by atoms with E-state index in [0.29, 0.717) is 11.4 Å². The highest BCUT2D eigenvalue weighted by Crippen LogP contribution is 2.08. The van der Waals surface area contributed by atoms with Gasteiger partial charge in [0.1, 0.15) is 24.0 Å². The molecular formula is C14H15N5O2. The summed E-state index contributed by atoms with van der Waals surface area (Å²) in [5.74, 6) is 0.200. The number of aryl methyl sites for hydroxylation is 3. The van der Waals surface area contributed by atoms with Crippen LogP contribution < -0.4 is 10.9 Å². The fourth-order valence-corrected chi connectivity index (χ4v) is 1.99. The van der Waals surface area contributed by atoms with Crippen molar-refractivity contribution in [3.8, 4) is 6.07 Å². The Balaban J connectivity index is 2.19. The van der Waals surface area contributed by atoms with E-state index in [9.17, 15) is 9.59 Å². The van der Waals surface area contributed by atoms with Crippen LogP contribution in [0.4, 0.5) is 5.82 Å². The molecule has 2 aromatic rings. The molecule has 7 nitrogen and oxygen atoms in total. The molecule has 7 heteroatoms. The van der Waals surface area contributed by atoms with Gasteiger partial charge in [0.2, 0.25) is 5.91 Å². The van der Waals surface area contributed by atoms with Gasteiger partial charge in [-0.15, -0.1) is 0 Å². The Morgan fingerprint density at radius 2 is 2.19 bits per heavy atom. The van der Waals surface area contributed by atoms with Gasteiger partial charge in [0, 0.05) is 19.3 Å². The molecular weight excluding hydrogens is 270 g/mol. The van der Waals surface area contributed by atoms with Crippen LogP contribution in [0, 0.1) is 25.2 Å². The Kier molecular flexibility index (Phi) is 3.89. The van der Waals surface area contributed by atoms with Gasteiger partial charge in [-0.25, -0.2) is 0 Å². The van der Waals surface area contributed by atoms with Crippen molar-refractivity contribution < 1.29 is 4.79 Å². The quantitative estimate of drug-likeness (QED) is 0.898. The topological polar surface area (TPSA) is 92.7 Å². The standard InChI is InChI=1S/C14H15N5O2/c1-9-4-5-19(14(21)11(9)7-15)8-13(20)16-12-6-10(2)17-18(12)3/h4-6H,8H2,1-3H3,(H,16,20). The molecule has 0 fully saturated rings. The number of rotatable bonds is 3. The first-order valence-corrected chi connectivity index (χ1v) is 6.33. The Bertz CT molecular complexity index is 795. The summed E-state index contributed by atoms with van der Waals surface area (Å²) in [4.78, 5) is 24.0. The summed E-state index contributed by atoms with van der Waals surface area (Å²) in [6.07, 6.45) is 1.51. The van der Waals surface area contributed by atoms with Gasteiger partial charge in [0.05, 0.1) is 5.69 Å². The van der Waals surface area contributed by atoms with E-state index >= 15 is 0 Å². The fraction of sp³-hybridized carbons (Fsp3) is 0.286. The van der Waals surface area contributed by atoms with Gasteiger partial charge < -0.3 is 9.88 Å². The van der Waals surface area contributed by atoms with Crippen LogP contribution in [0.5, 0.6) is 0 Å². The lowest BCUT2D eigenvalue weighted by Gasteiger charge is -2.08. The molecule has 0 aliphatic carbocycles. The lowest BCUT2D eigenvalue weighted by atomic mass is 10.2. The maximum absolute atomic E-state index is 12.0. The number of anilines is 1. The molecule has 0 aliphatic heterocycles. The smallest absolute Gasteiger partial charge is 0.269 e. The SMILES string of the molecule is Cc1cc(NC(=O)Cn2ccc(C)c(C#N)c2=O)n(C)n1. The van der Waals surface area contributed by atoms with Gasteiger partial charge >= 0.3 is 0 Å². The molecule has 2 aromatic heterocycles. The fourth-order valence-electron chi connectivity index (χ4n) is 1.99. The zero-order valence-corrected chi connectivity index (χ0v) is 12.0. The minimum absolute atomic E-state index is 0.0571. The van der Waals surface area contributed by atoms with Gasteiger partial charge in [0.25, 0.3) is 5.56 Å². The summed E-state index contributed by atoms with van der Waals surface area (Å²) in [7, 11) is 1.72. The minimum atomic E-state index is -0.464. The molecule has 0 spiro atoms. The highest BCUT2D eigenvalue weighted by molar-refractivity contribution is 5.89. The third-order valence-corrected chi connectivity index (χ3v) is 3.07. The molecule has 2 rings (SSSR count). The van der Waals surface area contributed by atoms with E-state index in [4.69, 9.17) is 5.26 Å². The molecule has 1 amide bonds. The zero-order valence-electron chi connectivity index (χ0n) is 12.0. The van der Waals surface area contributed by atoms with Crippen LogP contribution in [0.1, 0.15) is 16.8 Å². The zero-order chi connectivity index (χ0) is 15.6. The highest BCUT2D eigenvalue weighted by atomic mass is 16.2. The Morgan fingerprint density at radius 1 is 1.48 bits per heavy atom. The first-order chi connectivity index (χ1) is 9.92. The largest absolute Gasteiger partial charge is 0.309 e. The minimum Gasteiger partial charge on any atom is -0.309 e. The predicted molar refractivity (Wildman–Crippen MR) is 76.7 cm³/mol. The summed E-state index contributed by atoms with van der Waals surface area (Å²) in [6, 6.07) is 5.23. The van der Waals surface area contributed by atoms with Crippen molar-refractivity contribution in [1.29, 1.82) is 5.26 Å². The average Bonchev–Trinajstić information content (AvgIpc) is 2.72. The maximum atomic E-state index is 12.0. The average molecular weight is 285 g/mol. The Labute approximate surface area is 121 Å². The van der Waals surface area contributed by atoms with E-state index in [1.54, 1.807) is 30.8 Å². The van der Waals surface area contributed by atoms with E-state index in [-0.39, 0.29) is 18.0 Å². The van der Waals surface area contributed by atoms with E-state index in [2.05, 4.69) is 10.4 Å². The predicted octanol–water partition coefficient (Wildman–Crippen LogP) is 0.709. The summed E-state index contributed by atoms with van der Waals surface area (Å²) in [6.45, 7) is 3.35. The molecule has 2 heterocycles. The normalized spacial score (nSPS) is 10.2. The summed E-state index contributed by atoms with van der Waals surface area (Å²) < 4.78 is 2.76. The second-order valence-corrected chi connectivity index (χ2v) is 4.76. The molecule has 0 bridgehead atoms. The lowest BCUT2D eigenvalue weighted by Crippen LogP contribution is -2.29. The van der Waals surface area contributed by atoms with Gasteiger partial charge in [-0.3, -0.25) is 14.3 Å². The number of nitrogens with one attached hydrogen (secondary N) is 1. The van der Waals surface area contributed by atoms with Crippen molar-refractivity contribution >= 4 is 11.7 Å². The van der Waals surface area contributed by atoms with Crippen molar-refractivity contribution in [2.45, 2.75) is 20.4 Å². The molecule has 1 N–H and O–H groups in total. The van der Waals surface area contributed by atoms with Crippen molar-refractivity contribution in [2.75, 3.05) is 5.32 Å². The number of hydrogen-bond acceptors (Lipinski definition) is 4. The second kappa shape index (κ2) is 5.63. The molecule has 0 saturated carbocycles. The van der Waals surface area contributed by atoms with Crippen LogP contribution in [0.2, 0.25) is 0 Å². The molecule has 108 valence electrons. The summed E-state index contributed by atoms with van der Waals surface area (Å²) >= 11 is 0. The van der Waals surface area contributed by atoms with Crippen LogP contribution in [0.3, 0.4) is 0 Å². The van der Waals surface area contributed by atoms with Crippen LogP contribution >= 0.6 is 0 Å². The van der Waals surface area contributed by atoms with Crippen LogP contribution in [-0.4, -0.2) is 20.3 Å². The molecule has 0 aromatic carbocycles. The number of nitriles is 1. The third kappa shape index (κ3) is 3.00. The van der Waals surface area contributed by atoms with Gasteiger partial charge in [0.15, 0.2) is 0 Å². The van der Waals surface area contributed by atoms with Crippen LogP contribution in [0.15, 0.2) is 23.1 Å². The van der Waals surface area contributed by atoms with E-state index in [1.165, 1.54) is 10.8 Å². The third-order valence-electron chi connectivity index (χ3n) is 3.07. The van der Waals surface area contributed by atoms with E-state index in [1.807, 2.05) is 13.0 Å². The number of nitrogens with zero attached hydrogens (tertiary/aromatic N) is 4. The van der Waals surface area contributed by atoms with E-state index in [0.717, 1.165) is 5.69 Å². The van der Waals surface area contributed by atoms with E-state index < -0.39 is 5.56 Å². The number of carbonyl (C=O) groups excluding carboxylic acids is 1. The molecule has 0 radical (unpaired) electrons. The molecule has 21 heavy (non-hydrogen) atoms. The monoisotopic (exact) mass is 285 g/mol. The first-order valence-electron chi connectivity index (χ1n) is 6.33. The molecule has 0 unspecified atom stereocenters. The second-order valence-electron chi connectivity index (χ2n) is 4.76. The molecule has 0 aliphatic rings. The molecule has 0 atom stereocenters. The Hall–Kier alpha value is -2.88. The van der Waals surface area contributed by atoms with Crippen molar-refractivity contribution in [2.24, 2.45) is 7.05 Å². The number of hydrogen-bond donors (Lipinski definition) is 1. The lowest BCUT2D eigenvalue weighted by molar-refractivity contribution is -0.116. The first kappa shape index (κ1) is 14.5. The molecule has 0 saturated heterocycles. The number of aromatic nitrogens is 3. The number of amides is 1. The number of pyridine rings is 1. The van der Waals surface area contributed by atoms with Crippen LogP contribution in [-0.2, 0) is 18.4 Å².